The minimum Gasteiger partial charge on any atom is -0.466 e. The Labute approximate surface area is 134 Å². The van der Waals surface area contributed by atoms with Gasteiger partial charge in [-0.15, -0.1) is 0 Å². The highest BCUT2D eigenvalue weighted by molar-refractivity contribution is 5.89. The van der Waals surface area contributed by atoms with Gasteiger partial charge in [-0.05, 0) is 18.4 Å². The van der Waals surface area contributed by atoms with Crippen LogP contribution in [-0.2, 0) is 19.1 Å². The van der Waals surface area contributed by atoms with E-state index >= 15 is 0 Å². The zero-order valence-electron chi connectivity index (χ0n) is 13.2. The Kier molecular flexibility index (Phi) is 7.21. The molecule has 1 aromatic rings. The molecule has 0 bridgehead atoms. The van der Waals surface area contributed by atoms with Crippen molar-refractivity contribution in [2.24, 2.45) is 11.7 Å². The van der Waals surface area contributed by atoms with Crippen molar-refractivity contribution in [3.05, 3.63) is 35.9 Å². The molecule has 1 rings (SSSR count). The quantitative estimate of drug-likeness (QED) is 0.594. The van der Waals surface area contributed by atoms with Crippen LogP contribution in [0.1, 0.15) is 31.9 Å². The predicted octanol–water partition coefficient (Wildman–Crippen LogP) is 0.279. The summed E-state index contributed by atoms with van der Waals surface area (Å²) in [6.07, 6.45) is -1.49. The molecule has 126 valence electrons. The number of rotatable bonds is 8. The Morgan fingerprint density at radius 2 is 1.87 bits per heavy atom. The van der Waals surface area contributed by atoms with Crippen molar-refractivity contribution in [3.8, 4) is 0 Å². The van der Waals surface area contributed by atoms with Gasteiger partial charge in [0, 0.05) is 0 Å². The third-order valence-corrected chi connectivity index (χ3v) is 3.33. The van der Waals surface area contributed by atoms with E-state index < -0.39 is 35.8 Å². The number of esters is 1. The molecular weight excluding hydrogens is 300 g/mol. The first-order valence-corrected chi connectivity index (χ1v) is 7.35. The lowest BCUT2D eigenvalue weighted by Crippen LogP contribution is -2.50. The summed E-state index contributed by atoms with van der Waals surface area (Å²) in [6, 6.07) is 7.21. The monoisotopic (exact) mass is 322 g/mol. The maximum Gasteiger partial charge on any atom is 0.306 e. The summed E-state index contributed by atoms with van der Waals surface area (Å²) in [5.41, 5.74) is 5.68. The van der Waals surface area contributed by atoms with Gasteiger partial charge >= 0.3 is 5.97 Å². The van der Waals surface area contributed by atoms with Gasteiger partial charge in [-0.3, -0.25) is 14.4 Å². The molecule has 0 saturated carbocycles. The van der Waals surface area contributed by atoms with Crippen LogP contribution in [0.15, 0.2) is 30.3 Å². The SMILES string of the molecule is CCOC(=O)C[C@H](C)[C@@H](NC(=O)[C@@H](O)c1ccccc1)C(N)=O. The Bertz CT molecular complexity index is 547. The lowest BCUT2D eigenvalue weighted by atomic mass is 9.97. The molecule has 3 atom stereocenters. The molecule has 23 heavy (non-hydrogen) atoms. The normalized spacial score (nSPS) is 14.4. The van der Waals surface area contributed by atoms with Crippen molar-refractivity contribution >= 4 is 17.8 Å². The van der Waals surface area contributed by atoms with Gasteiger partial charge in [0.2, 0.25) is 5.91 Å². The topological polar surface area (TPSA) is 119 Å². The van der Waals surface area contributed by atoms with E-state index in [2.05, 4.69) is 5.32 Å². The van der Waals surface area contributed by atoms with Crippen LogP contribution in [0.25, 0.3) is 0 Å². The van der Waals surface area contributed by atoms with Gasteiger partial charge in [0.1, 0.15) is 6.04 Å². The van der Waals surface area contributed by atoms with Crippen LogP contribution in [0.3, 0.4) is 0 Å². The fourth-order valence-electron chi connectivity index (χ4n) is 2.11. The maximum atomic E-state index is 12.1. The molecule has 0 aliphatic rings. The van der Waals surface area contributed by atoms with Gasteiger partial charge in [0.25, 0.3) is 5.91 Å². The molecule has 0 aromatic heterocycles. The van der Waals surface area contributed by atoms with Crippen LogP contribution in [0.4, 0.5) is 0 Å². The molecular formula is C16H22N2O5. The fourth-order valence-corrected chi connectivity index (χ4v) is 2.11. The summed E-state index contributed by atoms with van der Waals surface area (Å²) in [5, 5.41) is 12.4. The summed E-state index contributed by atoms with van der Waals surface area (Å²) in [5.74, 6) is -2.58. The molecule has 0 unspecified atom stereocenters. The molecule has 7 heteroatoms. The molecule has 0 spiro atoms. The number of carbonyl (C=O) groups excluding carboxylic acids is 3. The molecule has 0 heterocycles. The van der Waals surface area contributed by atoms with E-state index in [0.717, 1.165) is 0 Å². The predicted molar refractivity (Wildman–Crippen MR) is 82.9 cm³/mol. The summed E-state index contributed by atoms with van der Waals surface area (Å²) in [4.78, 5) is 35.1. The third-order valence-electron chi connectivity index (χ3n) is 3.33. The number of primary amides is 1. The summed E-state index contributed by atoms with van der Waals surface area (Å²) in [6.45, 7) is 3.50. The zero-order chi connectivity index (χ0) is 17.4. The number of hydrogen-bond donors (Lipinski definition) is 3. The highest BCUT2D eigenvalue weighted by atomic mass is 16.5. The Morgan fingerprint density at radius 1 is 1.26 bits per heavy atom. The number of benzene rings is 1. The highest BCUT2D eigenvalue weighted by Crippen LogP contribution is 2.15. The fraction of sp³-hybridized carbons (Fsp3) is 0.438. The van der Waals surface area contributed by atoms with Crippen molar-refractivity contribution in [2.45, 2.75) is 32.4 Å². The number of aliphatic hydroxyl groups excluding tert-OH is 1. The maximum absolute atomic E-state index is 12.1. The summed E-state index contributed by atoms with van der Waals surface area (Å²) in [7, 11) is 0. The second-order valence-electron chi connectivity index (χ2n) is 5.19. The minimum absolute atomic E-state index is 0.0663. The molecule has 1 aromatic carbocycles. The van der Waals surface area contributed by atoms with E-state index in [0.29, 0.717) is 5.56 Å². The van der Waals surface area contributed by atoms with Crippen LogP contribution in [0.2, 0.25) is 0 Å². The lowest BCUT2D eigenvalue weighted by Gasteiger charge is -2.23. The zero-order valence-corrected chi connectivity index (χ0v) is 13.2. The summed E-state index contributed by atoms with van der Waals surface area (Å²) < 4.78 is 4.81. The second kappa shape index (κ2) is 8.89. The van der Waals surface area contributed by atoms with E-state index in [-0.39, 0.29) is 13.0 Å². The van der Waals surface area contributed by atoms with Gasteiger partial charge in [-0.25, -0.2) is 0 Å². The van der Waals surface area contributed by atoms with Crippen molar-refractivity contribution in [3.63, 3.8) is 0 Å². The first kappa shape index (κ1) is 18.6. The highest BCUT2D eigenvalue weighted by Gasteiger charge is 2.29. The van der Waals surface area contributed by atoms with Crippen LogP contribution in [-0.4, -0.2) is 35.5 Å². The number of carbonyl (C=O) groups is 3. The largest absolute Gasteiger partial charge is 0.466 e. The number of amides is 2. The number of aliphatic hydroxyl groups is 1. The lowest BCUT2D eigenvalue weighted by molar-refractivity contribution is -0.145. The molecule has 7 nitrogen and oxygen atoms in total. The molecule has 0 fully saturated rings. The van der Waals surface area contributed by atoms with Crippen LogP contribution in [0, 0.1) is 5.92 Å². The Hall–Kier alpha value is -2.41. The molecule has 0 saturated heterocycles. The third kappa shape index (κ3) is 5.71. The number of hydrogen-bond acceptors (Lipinski definition) is 5. The van der Waals surface area contributed by atoms with Crippen LogP contribution in [0.5, 0.6) is 0 Å². The molecule has 0 radical (unpaired) electrons. The van der Waals surface area contributed by atoms with Crippen molar-refractivity contribution in [1.29, 1.82) is 0 Å². The Balaban J connectivity index is 2.73. The van der Waals surface area contributed by atoms with E-state index in [9.17, 15) is 19.5 Å². The average molecular weight is 322 g/mol. The molecule has 4 N–H and O–H groups in total. The number of nitrogens with two attached hydrogens (primary N) is 1. The van der Waals surface area contributed by atoms with E-state index in [4.69, 9.17) is 10.5 Å². The van der Waals surface area contributed by atoms with Crippen molar-refractivity contribution in [1.82, 2.24) is 5.32 Å². The molecule has 2 amide bonds. The van der Waals surface area contributed by atoms with E-state index in [1.807, 2.05) is 0 Å². The van der Waals surface area contributed by atoms with Crippen LogP contribution >= 0.6 is 0 Å². The molecule has 0 aliphatic carbocycles. The van der Waals surface area contributed by atoms with E-state index in [1.54, 1.807) is 44.2 Å². The first-order valence-electron chi connectivity index (χ1n) is 7.35. The van der Waals surface area contributed by atoms with E-state index in [1.165, 1.54) is 0 Å². The standard InChI is InChI=1S/C16H22N2O5/c1-3-23-12(19)9-10(2)13(15(17)21)18-16(22)14(20)11-7-5-4-6-8-11/h4-8,10,13-14,20H,3,9H2,1-2H3,(H2,17,21)(H,18,22)/t10-,13+,14-/m0/s1. The van der Waals surface area contributed by atoms with Crippen LogP contribution < -0.4 is 11.1 Å². The van der Waals surface area contributed by atoms with Gasteiger partial charge in [0.05, 0.1) is 13.0 Å². The second-order valence-corrected chi connectivity index (χ2v) is 5.19. The van der Waals surface area contributed by atoms with Crippen molar-refractivity contribution < 1.29 is 24.2 Å². The Morgan fingerprint density at radius 3 is 2.39 bits per heavy atom. The average Bonchev–Trinajstić information content (AvgIpc) is 2.52. The molecule has 0 aliphatic heterocycles. The van der Waals surface area contributed by atoms with Crippen molar-refractivity contribution in [2.75, 3.05) is 6.61 Å². The minimum atomic E-state index is -1.42. The number of nitrogens with one attached hydrogen (secondary N) is 1. The summed E-state index contributed by atoms with van der Waals surface area (Å²) >= 11 is 0. The van der Waals surface area contributed by atoms with Gasteiger partial charge in [-0.2, -0.15) is 0 Å². The van der Waals surface area contributed by atoms with Gasteiger partial charge in [0.15, 0.2) is 6.10 Å². The number of ether oxygens (including phenoxy) is 1. The smallest absolute Gasteiger partial charge is 0.306 e. The van der Waals surface area contributed by atoms with Gasteiger partial charge in [-0.1, -0.05) is 37.3 Å². The first-order chi connectivity index (χ1) is 10.9. The van der Waals surface area contributed by atoms with Gasteiger partial charge < -0.3 is 20.9 Å².